The Labute approximate surface area is 151 Å². The van der Waals surface area contributed by atoms with E-state index >= 15 is 0 Å². The van der Waals surface area contributed by atoms with Gasteiger partial charge in [-0.2, -0.15) is 4.98 Å². The number of para-hydroxylation sites is 1. The first-order chi connectivity index (χ1) is 12.8. The number of anilines is 1. The van der Waals surface area contributed by atoms with E-state index in [0.29, 0.717) is 10.8 Å². The van der Waals surface area contributed by atoms with E-state index < -0.39 is 56.9 Å². The van der Waals surface area contributed by atoms with Crippen LogP contribution in [0.1, 0.15) is 12.6 Å². The number of aromatic nitrogens is 2. The molecule has 0 aliphatic carbocycles. The van der Waals surface area contributed by atoms with Crippen molar-refractivity contribution < 1.29 is 31.5 Å². The highest BCUT2D eigenvalue weighted by Crippen LogP contribution is 2.41. The van der Waals surface area contributed by atoms with Crippen LogP contribution >= 0.6 is 8.25 Å². The zero-order valence-electron chi connectivity index (χ0n) is 13.6. The normalized spacial score (nSPS) is 25.4. The molecule has 2 N–H and O–H groups in total. The van der Waals surface area contributed by atoms with Gasteiger partial charge in [-0.15, -0.1) is 4.52 Å². The number of halogens is 3. The Balaban J connectivity index is 1.65. The van der Waals surface area contributed by atoms with Gasteiger partial charge in [0.2, 0.25) is 0 Å². The fourth-order valence-electron chi connectivity index (χ4n) is 2.39. The highest BCUT2D eigenvalue weighted by Gasteiger charge is 2.53. The molecule has 8 nitrogen and oxygen atoms in total. The van der Waals surface area contributed by atoms with Crippen LogP contribution in [0.25, 0.3) is 0 Å². The third kappa shape index (κ3) is 4.26. The molecule has 1 aliphatic rings. The maximum absolute atomic E-state index is 14.7. The average Bonchev–Trinajstić information content (AvgIpc) is 2.92. The number of hydrogen-bond donors (Lipinski definition) is 1. The number of nitrogens with two attached hydrogens (primary N) is 1. The molecule has 0 spiro atoms. The summed E-state index contributed by atoms with van der Waals surface area (Å²) < 4.78 is 69.2. The summed E-state index contributed by atoms with van der Waals surface area (Å²) in [5.74, 6) is -4.48. The number of hydrogen-bond acceptors (Lipinski definition) is 7. The van der Waals surface area contributed by atoms with Gasteiger partial charge in [0.1, 0.15) is 6.23 Å². The lowest BCUT2D eigenvalue weighted by Crippen LogP contribution is -2.37. The van der Waals surface area contributed by atoms with Crippen molar-refractivity contribution in [3.05, 3.63) is 52.8 Å². The lowest BCUT2D eigenvalue weighted by molar-refractivity contribution is -0.191. The predicted molar refractivity (Wildman–Crippen MR) is 87.0 cm³/mol. The summed E-state index contributed by atoms with van der Waals surface area (Å²) in [4.78, 5) is 14.9. The second-order valence-electron chi connectivity index (χ2n) is 5.63. The molecule has 0 saturated carbocycles. The minimum atomic E-state index is -3.01. The molecule has 27 heavy (non-hydrogen) atoms. The van der Waals surface area contributed by atoms with Crippen LogP contribution in [-0.2, 0) is 13.8 Å². The number of nitrogen functional groups attached to an aromatic ring is 1. The molecule has 1 unspecified atom stereocenters. The molecule has 2 aromatic rings. The van der Waals surface area contributed by atoms with E-state index in [4.69, 9.17) is 19.5 Å². The molecular weight excluding hydrogens is 390 g/mol. The first-order valence-corrected chi connectivity index (χ1v) is 8.76. The van der Waals surface area contributed by atoms with Crippen molar-refractivity contribution in [2.75, 3.05) is 12.3 Å². The van der Waals surface area contributed by atoms with Crippen LogP contribution in [0.3, 0.4) is 0 Å². The maximum Gasteiger partial charge on any atom is 0.750 e. The summed E-state index contributed by atoms with van der Waals surface area (Å²) >= 11 is 0. The second-order valence-corrected chi connectivity index (χ2v) is 6.52. The molecule has 1 aromatic carbocycles. The first-order valence-electron chi connectivity index (χ1n) is 7.66. The van der Waals surface area contributed by atoms with E-state index in [1.54, 1.807) is 18.2 Å². The molecule has 1 saturated heterocycles. The number of rotatable bonds is 6. The minimum Gasteiger partial charge on any atom is -0.381 e. The smallest absolute Gasteiger partial charge is 0.381 e. The van der Waals surface area contributed by atoms with Crippen molar-refractivity contribution in [3.8, 4) is 5.75 Å². The summed E-state index contributed by atoms with van der Waals surface area (Å²) in [5, 5.41) is 0. The Hall–Kier alpha value is -2.49. The predicted octanol–water partition coefficient (Wildman–Crippen LogP) is 2.64. The van der Waals surface area contributed by atoms with Crippen LogP contribution in [0.2, 0.25) is 0 Å². The highest BCUT2D eigenvalue weighted by molar-refractivity contribution is 7.33. The molecule has 3 rings (SSSR count). The van der Waals surface area contributed by atoms with Gasteiger partial charge in [-0.05, 0) is 12.1 Å². The largest absolute Gasteiger partial charge is 0.750 e. The Bertz CT molecular complexity index is 900. The first kappa shape index (κ1) is 19.3. The molecule has 12 heteroatoms. The van der Waals surface area contributed by atoms with Crippen LogP contribution in [0, 0.1) is 5.82 Å². The molecule has 144 valence electrons. The number of nitrogens with zero attached hydrogens (tertiary/aromatic N) is 2. The third-order valence-electron chi connectivity index (χ3n) is 3.74. The van der Waals surface area contributed by atoms with Gasteiger partial charge < -0.3 is 10.5 Å². The van der Waals surface area contributed by atoms with Crippen LogP contribution in [-0.4, -0.2) is 28.2 Å². The molecule has 1 aliphatic heterocycles. The van der Waals surface area contributed by atoms with Crippen molar-refractivity contribution in [3.63, 3.8) is 0 Å². The van der Waals surface area contributed by atoms with Crippen LogP contribution < -0.4 is 15.9 Å². The van der Waals surface area contributed by atoms with E-state index in [-0.39, 0.29) is 5.75 Å². The Morgan fingerprint density at radius 2 is 2.11 bits per heavy atom. The third-order valence-corrected chi connectivity index (χ3v) is 4.44. The standard InChI is InChI=1S/C15H13F3N3O5P/c16-10-7-21(14(22)20-13(10)19)12-6-11(17)15(18,25-12)8-24-27(23)26-9-4-2-1-3-5-9/h1-5,7,11-12H,6,8H2,(H-,19,20,22)/p+1/t11-,12+,15+/m0/s1. The number of benzene rings is 1. The van der Waals surface area contributed by atoms with Crippen molar-refractivity contribution in [2.24, 2.45) is 0 Å². The van der Waals surface area contributed by atoms with Gasteiger partial charge in [0.15, 0.2) is 30.2 Å². The summed E-state index contributed by atoms with van der Waals surface area (Å²) in [6.07, 6.45) is -3.67. The van der Waals surface area contributed by atoms with E-state index in [0.717, 1.165) is 0 Å². The van der Waals surface area contributed by atoms with Gasteiger partial charge >= 0.3 is 13.9 Å². The Kier molecular flexibility index (Phi) is 5.45. The maximum atomic E-state index is 14.7. The molecule has 0 amide bonds. The van der Waals surface area contributed by atoms with Gasteiger partial charge in [0.05, 0.1) is 6.20 Å². The zero-order valence-corrected chi connectivity index (χ0v) is 14.5. The van der Waals surface area contributed by atoms with Crippen molar-refractivity contribution >= 4 is 14.1 Å². The average molecular weight is 404 g/mol. The summed E-state index contributed by atoms with van der Waals surface area (Å²) in [7, 11) is -2.80. The molecule has 0 radical (unpaired) electrons. The molecule has 1 aromatic heterocycles. The van der Waals surface area contributed by atoms with Crippen LogP contribution in [0.5, 0.6) is 5.75 Å². The van der Waals surface area contributed by atoms with Crippen LogP contribution in [0.4, 0.5) is 19.0 Å². The zero-order chi connectivity index (χ0) is 19.6. The van der Waals surface area contributed by atoms with E-state index in [2.05, 4.69) is 4.98 Å². The van der Waals surface area contributed by atoms with Crippen molar-refractivity contribution in [2.45, 2.75) is 24.7 Å². The molecular formula is C15H14F3N3O5P+. The van der Waals surface area contributed by atoms with Crippen molar-refractivity contribution in [1.82, 2.24) is 9.55 Å². The monoisotopic (exact) mass is 404 g/mol. The molecule has 1 fully saturated rings. The SMILES string of the molecule is Nc1nc(=O)n([C@H]2C[C@H](F)[C@@](F)(CO[P+](=O)Oc3ccccc3)O2)cc1F. The number of ether oxygens (including phenoxy) is 1. The Morgan fingerprint density at radius 1 is 1.41 bits per heavy atom. The lowest BCUT2D eigenvalue weighted by Gasteiger charge is -2.19. The molecule has 4 atom stereocenters. The fourth-order valence-corrected chi connectivity index (χ4v) is 3.02. The van der Waals surface area contributed by atoms with Gasteiger partial charge in [-0.25, -0.2) is 22.5 Å². The van der Waals surface area contributed by atoms with E-state index in [9.17, 15) is 22.5 Å². The second kappa shape index (κ2) is 7.63. The van der Waals surface area contributed by atoms with E-state index in [1.165, 1.54) is 12.1 Å². The molecule has 0 bridgehead atoms. The summed E-state index contributed by atoms with van der Waals surface area (Å²) in [6, 6.07) is 7.94. The lowest BCUT2D eigenvalue weighted by atomic mass is 10.2. The summed E-state index contributed by atoms with van der Waals surface area (Å²) in [5.41, 5.74) is 4.13. The fraction of sp³-hybridized carbons (Fsp3) is 0.333. The highest BCUT2D eigenvalue weighted by atomic mass is 31.1. The topological polar surface area (TPSA) is 106 Å². The quantitative estimate of drug-likeness (QED) is 0.738. The van der Waals surface area contributed by atoms with Gasteiger partial charge in [-0.1, -0.05) is 18.2 Å². The van der Waals surface area contributed by atoms with Crippen molar-refractivity contribution in [1.29, 1.82) is 0 Å². The van der Waals surface area contributed by atoms with Crippen LogP contribution in [0.15, 0.2) is 41.3 Å². The van der Waals surface area contributed by atoms with Gasteiger partial charge in [-0.3, -0.25) is 4.57 Å². The van der Waals surface area contributed by atoms with E-state index in [1.807, 2.05) is 0 Å². The van der Waals surface area contributed by atoms with Gasteiger partial charge in [0.25, 0.3) is 5.85 Å². The minimum absolute atomic E-state index is 0.212. The summed E-state index contributed by atoms with van der Waals surface area (Å²) in [6.45, 7) is -1.06. The Morgan fingerprint density at radius 3 is 2.81 bits per heavy atom. The number of alkyl halides is 2. The molecule has 2 heterocycles. The van der Waals surface area contributed by atoms with Gasteiger partial charge in [0, 0.05) is 11.0 Å².